The molecule has 0 bridgehead atoms. The van der Waals surface area contributed by atoms with Gasteiger partial charge in [0, 0.05) is 28.8 Å². The lowest BCUT2D eigenvalue weighted by Crippen LogP contribution is -2.43. The van der Waals surface area contributed by atoms with Gasteiger partial charge in [-0.2, -0.15) is 0 Å². The molecular weight excluding hydrogens is 384 g/mol. The number of aromatic nitrogens is 1. The van der Waals surface area contributed by atoms with E-state index < -0.39 is 0 Å². The highest BCUT2D eigenvalue weighted by Gasteiger charge is 2.34. The van der Waals surface area contributed by atoms with Gasteiger partial charge in [-0.15, -0.1) is 0 Å². The molecule has 4 aromatic rings. The monoisotopic (exact) mass is 403 g/mol. The number of nitrogens with one attached hydrogen (secondary N) is 2. The molecule has 0 saturated heterocycles. The molecule has 150 valence electrons. The van der Waals surface area contributed by atoms with Crippen molar-refractivity contribution < 1.29 is 13.6 Å². The van der Waals surface area contributed by atoms with E-state index in [4.69, 9.17) is 0 Å². The van der Waals surface area contributed by atoms with Gasteiger partial charge in [-0.05, 0) is 60.0 Å². The van der Waals surface area contributed by atoms with Crippen molar-refractivity contribution in [3.63, 3.8) is 0 Å². The molecule has 6 heteroatoms. The van der Waals surface area contributed by atoms with E-state index in [0.29, 0.717) is 18.7 Å². The Kier molecular flexibility index (Phi) is 4.47. The molecule has 0 radical (unpaired) electrons. The van der Waals surface area contributed by atoms with Crippen LogP contribution in [0.15, 0.2) is 72.8 Å². The van der Waals surface area contributed by atoms with E-state index in [2.05, 4.69) is 16.4 Å². The van der Waals surface area contributed by atoms with Gasteiger partial charge < -0.3 is 15.2 Å². The number of para-hydroxylation sites is 1. The number of rotatable bonds is 2. The zero-order valence-electron chi connectivity index (χ0n) is 16.0. The van der Waals surface area contributed by atoms with Crippen LogP contribution < -0.4 is 5.32 Å². The van der Waals surface area contributed by atoms with Crippen molar-refractivity contribution in [2.45, 2.75) is 12.5 Å². The molecule has 5 rings (SSSR count). The van der Waals surface area contributed by atoms with Crippen LogP contribution in [0.25, 0.3) is 10.9 Å². The number of nitrogens with zero attached hydrogens (tertiary/aromatic N) is 1. The maximum atomic E-state index is 13.6. The van der Waals surface area contributed by atoms with E-state index in [1.807, 2.05) is 18.2 Å². The van der Waals surface area contributed by atoms with Gasteiger partial charge in [-0.3, -0.25) is 0 Å². The number of hydrogen-bond acceptors (Lipinski definition) is 1. The first-order chi connectivity index (χ1) is 14.6. The summed E-state index contributed by atoms with van der Waals surface area (Å²) < 4.78 is 26.8. The van der Waals surface area contributed by atoms with Gasteiger partial charge in [0.1, 0.15) is 11.6 Å². The highest BCUT2D eigenvalue weighted by molar-refractivity contribution is 5.91. The Labute approximate surface area is 172 Å². The molecule has 0 fully saturated rings. The Bertz CT molecular complexity index is 1220. The van der Waals surface area contributed by atoms with Crippen LogP contribution in [-0.4, -0.2) is 22.5 Å². The molecule has 1 atom stereocenters. The summed E-state index contributed by atoms with van der Waals surface area (Å²) >= 11 is 0. The number of amides is 2. The lowest BCUT2D eigenvalue weighted by Gasteiger charge is -2.36. The fourth-order valence-corrected chi connectivity index (χ4v) is 4.18. The minimum Gasteiger partial charge on any atom is -0.356 e. The largest absolute Gasteiger partial charge is 0.356 e. The third kappa shape index (κ3) is 3.20. The van der Waals surface area contributed by atoms with Gasteiger partial charge in [0.05, 0.1) is 6.04 Å². The standard InChI is InChI=1S/C24H19F2N3O/c25-16-7-5-15(6-8-16)23-22-20(19-3-1-2-4-21(19)28-22)13-14-29(23)24(30)27-18-11-9-17(26)10-12-18/h1-12,23,28H,13-14H2,(H,27,30). The number of carbonyl (C=O) groups excluding carboxylic acids is 1. The second-order valence-electron chi connectivity index (χ2n) is 7.40. The van der Waals surface area contributed by atoms with E-state index in [1.165, 1.54) is 42.0 Å². The van der Waals surface area contributed by atoms with E-state index >= 15 is 0 Å². The average Bonchev–Trinajstić information content (AvgIpc) is 3.14. The molecule has 2 N–H and O–H groups in total. The van der Waals surface area contributed by atoms with E-state index in [0.717, 1.165) is 22.2 Å². The maximum absolute atomic E-state index is 13.6. The predicted molar refractivity (Wildman–Crippen MR) is 112 cm³/mol. The number of fused-ring (bicyclic) bond motifs is 3. The van der Waals surface area contributed by atoms with Gasteiger partial charge in [0.2, 0.25) is 0 Å². The van der Waals surface area contributed by atoms with Crippen LogP contribution in [-0.2, 0) is 6.42 Å². The number of hydrogen-bond donors (Lipinski definition) is 2. The Hall–Kier alpha value is -3.67. The van der Waals surface area contributed by atoms with Crippen molar-refractivity contribution in [3.8, 4) is 0 Å². The summed E-state index contributed by atoms with van der Waals surface area (Å²) in [5.41, 5.74) is 4.45. The molecule has 0 aliphatic carbocycles. The number of urea groups is 1. The molecule has 1 aliphatic heterocycles. The van der Waals surface area contributed by atoms with Crippen molar-refractivity contribution in [3.05, 3.63) is 101 Å². The Balaban J connectivity index is 1.56. The predicted octanol–water partition coefficient (Wildman–Crippen LogP) is 5.63. The molecule has 2 heterocycles. The van der Waals surface area contributed by atoms with Crippen LogP contribution in [0.5, 0.6) is 0 Å². The molecule has 1 aromatic heterocycles. The van der Waals surface area contributed by atoms with E-state index in [1.54, 1.807) is 17.0 Å². The summed E-state index contributed by atoms with van der Waals surface area (Å²) in [5.74, 6) is -0.688. The molecule has 0 spiro atoms. The van der Waals surface area contributed by atoms with Gasteiger partial charge in [-0.1, -0.05) is 30.3 Å². The van der Waals surface area contributed by atoms with Crippen LogP contribution in [0.4, 0.5) is 19.3 Å². The topological polar surface area (TPSA) is 48.1 Å². The summed E-state index contributed by atoms with van der Waals surface area (Å²) in [4.78, 5) is 18.4. The van der Waals surface area contributed by atoms with Crippen LogP contribution in [0, 0.1) is 11.6 Å². The average molecular weight is 403 g/mol. The number of anilines is 1. The molecule has 3 aromatic carbocycles. The zero-order chi connectivity index (χ0) is 20.7. The summed E-state index contributed by atoms with van der Waals surface area (Å²) in [7, 11) is 0. The molecule has 1 unspecified atom stereocenters. The van der Waals surface area contributed by atoms with Crippen LogP contribution in [0.2, 0.25) is 0 Å². The smallest absolute Gasteiger partial charge is 0.322 e. The Morgan fingerprint density at radius 1 is 0.933 bits per heavy atom. The minimum atomic E-state index is -0.387. The molecule has 2 amide bonds. The van der Waals surface area contributed by atoms with Crippen molar-refractivity contribution >= 4 is 22.6 Å². The van der Waals surface area contributed by atoms with Gasteiger partial charge in [-0.25, -0.2) is 13.6 Å². The second kappa shape index (κ2) is 7.30. The second-order valence-corrected chi connectivity index (χ2v) is 7.40. The normalized spacial score (nSPS) is 15.8. The van der Waals surface area contributed by atoms with E-state index in [-0.39, 0.29) is 23.7 Å². The lowest BCUT2D eigenvalue weighted by molar-refractivity contribution is 0.193. The van der Waals surface area contributed by atoms with Crippen LogP contribution >= 0.6 is 0 Å². The van der Waals surface area contributed by atoms with E-state index in [9.17, 15) is 13.6 Å². The number of halogens is 2. The van der Waals surface area contributed by atoms with Crippen molar-refractivity contribution in [2.24, 2.45) is 0 Å². The van der Waals surface area contributed by atoms with Gasteiger partial charge in [0.25, 0.3) is 0 Å². The molecule has 1 aliphatic rings. The minimum absolute atomic E-state index is 0.291. The van der Waals surface area contributed by atoms with Crippen molar-refractivity contribution in [1.82, 2.24) is 9.88 Å². The number of carbonyl (C=O) groups is 1. The Morgan fingerprint density at radius 3 is 2.33 bits per heavy atom. The Morgan fingerprint density at radius 2 is 1.60 bits per heavy atom. The zero-order valence-corrected chi connectivity index (χ0v) is 16.0. The molecule has 4 nitrogen and oxygen atoms in total. The number of benzene rings is 3. The molecule has 0 saturated carbocycles. The number of aromatic amines is 1. The highest BCUT2D eigenvalue weighted by atomic mass is 19.1. The molecule has 30 heavy (non-hydrogen) atoms. The first-order valence-corrected chi connectivity index (χ1v) is 9.78. The fourth-order valence-electron chi connectivity index (χ4n) is 4.18. The maximum Gasteiger partial charge on any atom is 0.322 e. The van der Waals surface area contributed by atoms with Crippen LogP contribution in [0.1, 0.15) is 22.9 Å². The lowest BCUT2D eigenvalue weighted by atomic mass is 9.92. The third-order valence-electron chi connectivity index (χ3n) is 5.58. The van der Waals surface area contributed by atoms with Gasteiger partial charge in [0.15, 0.2) is 0 Å². The quantitative estimate of drug-likeness (QED) is 0.448. The van der Waals surface area contributed by atoms with Crippen molar-refractivity contribution in [2.75, 3.05) is 11.9 Å². The first-order valence-electron chi connectivity index (χ1n) is 9.78. The SMILES string of the molecule is O=C(Nc1ccc(F)cc1)N1CCc2c([nH]c3ccccc23)C1c1ccc(F)cc1. The summed E-state index contributed by atoms with van der Waals surface area (Å²) in [6.45, 7) is 0.504. The van der Waals surface area contributed by atoms with Gasteiger partial charge >= 0.3 is 6.03 Å². The summed E-state index contributed by atoms with van der Waals surface area (Å²) in [6, 6.07) is 19.3. The fraction of sp³-hybridized carbons (Fsp3) is 0.125. The van der Waals surface area contributed by atoms with Crippen LogP contribution in [0.3, 0.4) is 0 Å². The third-order valence-corrected chi connectivity index (χ3v) is 5.58. The highest BCUT2D eigenvalue weighted by Crippen LogP contribution is 2.38. The number of H-pyrrole nitrogens is 1. The first kappa shape index (κ1) is 18.4. The van der Waals surface area contributed by atoms with Crippen molar-refractivity contribution in [1.29, 1.82) is 0 Å². The summed E-state index contributed by atoms with van der Waals surface area (Å²) in [6.07, 6.45) is 0.702. The molecular formula is C24H19F2N3O. The summed E-state index contributed by atoms with van der Waals surface area (Å²) in [5, 5.41) is 3.98.